The second-order valence-corrected chi connectivity index (χ2v) is 13.4. The number of ether oxygens (including phenoxy) is 5. The van der Waals surface area contributed by atoms with Crippen LogP contribution in [-0.4, -0.2) is 71.9 Å². The molecule has 10 heteroatoms. The van der Waals surface area contributed by atoms with Crippen molar-refractivity contribution in [1.82, 2.24) is 0 Å². The van der Waals surface area contributed by atoms with Gasteiger partial charge in [-0.05, 0) is 70.1 Å². The quantitative estimate of drug-likeness (QED) is 0.0770. The molecule has 7 atom stereocenters. The molecule has 1 aliphatic carbocycles. The second kappa shape index (κ2) is 19.2. The van der Waals surface area contributed by atoms with Crippen molar-refractivity contribution < 1.29 is 41.1 Å². The molecule has 42 heavy (non-hydrogen) atoms. The lowest BCUT2D eigenvalue weighted by molar-refractivity contribution is -0.193. The summed E-state index contributed by atoms with van der Waals surface area (Å²) in [5.74, 6) is -0.367. The molecule has 2 unspecified atom stereocenters. The zero-order valence-corrected chi connectivity index (χ0v) is 26.8. The highest BCUT2D eigenvalue weighted by Crippen LogP contribution is 2.42. The zero-order valence-electron chi connectivity index (χ0n) is 26.0. The van der Waals surface area contributed by atoms with Crippen molar-refractivity contribution in [2.75, 3.05) is 26.6 Å². The van der Waals surface area contributed by atoms with E-state index in [0.29, 0.717) is 25.9 Å². The summed E-state index contributed by atoms with van der Waals surface area (Å²) in [6.45, 7) is 3.60. The monoisotopic (exact) mass is 614 g/mol. The van der Waals surface area contributed by atoms with Crippen molar-refractivity contribution in [2.24, 2.45) is 11.8 Å². The number of carbonyl (C=O) groups excluding carboxylic acids is 1. The third kappa shape index (κ3) is 13.1. The van der Waals surface area contributed by atoms with Gasteiger partial charge >= 0.3 is 5.97 Å². The Labute approximate surface area is 253 Å². The van der Waals surface area contributed by atoms with Gasteiger partial charge < -0.3 is 23.7 Å². The van der Waals surface area contributed by atoms with Crippen molar-refractivity contribution in [2.45, 2.75) is 134 Å². The molecule has 0 aromatic rings. The molecule has 0 N–H and O–H groups in total. The highest BCUT2D eigenvalue weighted by atomic mass is 32.2. The van der Waals surface area contributed by atoms with Gasteiger partial charge in [0.1, 0.15) is 0 Å². The van der Waals surface area contributed by atoms with Gasteiger partial charge in [-0.15, -0.1) is 0 Å². The van der Waals surface area contributed by atoms with E-state index in [0.717, 1.165) is 89.9 Å². The van der Waals surface area contributed by atoms with E-state index < -0.39 is 16.2 Å². The van der Waals surface area contributed by atoms with E-state index >= 15 is 0 Å². The van der Waals surface area contributed by atoms with E-state index in [4.69, 9.17) is 27.9 Å². The van der Waals surface area contributed by atoms with Gasteiger partial charge in [-0.2, -0.15) is 8.42 Å². The highest BCUT2D eigenvalue weighted by molar-refractivity contribution is 7.86. The van der Waals surface area contributed by atoms with Crippen LogP contribution >= 0.6 is 0 Å². The van der Waals surface area contributed by atoms with Crippen LogP contribution in [0.1, 0.15) is 103 Å². The van der Waals surface area contributed by atoms with E-state index in [1.807, 2.05) is 6.08 Å². The predicted molar refractivity (Wildman–Crippen MR) is 161 cm³/mol. The Hall–Kier alpha value is -1.30. The molecule has 9 nitrogen and oxygen atoms in total. The molecule has 0 bridgehead atoms. The lowest BCUT2D eigenvalue weighted by atomic mass is 9.88. The fourth-order valence-corrected chi connectivity index (χ4v) is 6.79. The maximum Gasteiger partial charge on any atom is 0.305 e. The number of esters is 1. The minimum absolute atomic E-state index is 0.0599. The smallest absolute Gasteiger partial charge is 0.305 e. The Morgan fingerprint density at radius 2 is 1.69 bits per heavy atom. The summed E-state index contributed by atoms with van der Waals surface area (Å²) >= 11 is 0. The molecule has 0 spiro atoms. The molecule has 0 aromatic carbocycles. The molecule has 0 radical (unpaired) electrons. The zero-order chi connectivity index (χ0) is 30.2. The Morgan fingerprint density at radius 3 is 2.33 bits per heavy atom. The lowest BCUT2D eigenvalue weighted by Crippen LogP contribution is -2.31. The van der Waals surface area contributed by atoms with E-state index in [-0.39, 0.29) is 42.6 Å². The van der Waals surface area contributed by atoms with Crippen molar-refractivity contribution in [3.8, 4) is 0 Å². The van der Waals surface area contributed by atoms with Crippen LogP contribution in [0.2, 0.25) is 0 Å². The van der Waals surface area contributed by atoms with Crippen LogP contribution in [0.15, 0.2) is 24.3 Å². The molecular formula is C32H54O9S. The number of hydrogen-bond donors (Lipinski definition) is 0. The second-order valence-electron chi connectivity index (χ2n) is 11.8. The third-order valence-corrected chi connectivity index (χ3v) is 8.91. The fraction of sp³-hybridized carbons (Fsp3) is 0.844. The summed E-state index contributed by atoms with van der Waals surface area (Å²) in [5, 5.41) is 0. The van der Waals surface area contributed by atoms with Gasteiger partial charge in [-0.25, -0.2) is 0 Å². The van der Waals surface area contributed by atoms with Crippen molar-refractivity contribution in [3.63, 3.8) is 0 Å². The first-order valence-corrected chi connectivity index (χ1v) is 17.9. The van der Waals surface area contributed by atoms with Gasteiger partial charge in [0, 0.05) is 32.0 Å². The number of rotatable bonds is 18. The van der Waals surface area contributed by atoms with E-state index in [1.54, 1.807) is 0 Å². The average molecular weight is 615 g/mol. The number of carbonyl (C=O) groups is 1. The topological polar surface area (TPSA) is 107 Å². The summed E-state index contributed by atoms with van der Waals surface area (Å²) < 4.78 is 59.7. The number of allylic oxidation sites excluding steroid dienone is 2. The number of hydrogen-bond acceptors (Lipinski definition) is 9. The van der Waals surface area contributed by atoms with Crippen LogP contribution in [0.25, 0.3) is 0 Å². The Morgan fingerprint density at radius 1 is 0.976 bits per heavy atom. The van der Waals surface area contributed by atoms with E-state index in [1.165, 1.54) is 7.11 Å². The minimum Gasteiger partial charge on any atom is -0.469 e. The van der Waals surface area contributed by atoms with Crippen LogP contribution in [0.4, 0.5) is 0 Å². The van der Waals surface area contributed by atoms with E-state index in [9.17, 15) is 13.2 Å². The highest BCUT2D eigenvalue weighted by Gasteiger charge is 2.45. The summed E-state index contributed by atoms with van der Waals surface area (Å²) in [6.07, 6.45) is 21.3. The first-order chi connectivity index (χ1) is 20.3. The maximum atomic E-state index is 12.3. The minimum atomic E-state index is -3.66. The van der Waals surface area contributed by atoms with E-state index in [2.05, 4.69) is 25.2 Å². The molecule has 3 aliphatic rings. The molecule has 3 fully saturated rings. The van der Waals surface area contributed by atoms with Gasteiger partial charge in [0.25, 0.3) is 10.1 Å². The van der Waals surface area contributed by atoms with Crippen LogP contribution in [0.3, 0.4) is 0 Å². The largest absolute Gasteiger partial charge is 0.469 e. The van der Waals surface area contributed by atoms with Crippen LogP contribution in [0, 0.1) is 11.8 Å². The molecule has 2 heterocycles. The Kier molecular flexibility index (Phi) is 16.1. The van der Waals surface area contributed by atoms with Crippen LogP contribution < -0.4 is 0 Å². The SMILES string of the molecule is CCCCC[C@@H](C=C[C@@H]1[C@@H](CCC=CCCC(=O)OC)[C@H](OS(C)(=O)=O)C[C@H]1OC1CCCCO1)OC1CCCCO1. The molecule has 2 saturated heterocycles. The fourth-order valence-electron chi connectivity index (χ4n) is 6.12. The number of unbranched alkanes of at least 4 members (excludes halogenated alkanes) is 2. The molecule has 0 aromatic heterocycles. The maximum absolute atomic E-state index is 12.3. The summed E-state index contributed by atoms with van der Waals surface area (Å²) in [6, 6.07) is 0. The van der Waals surface area contributed by atoms with Gasteiger partial charge in [0.05, 0.1) is 31.7 Å². The normalized spacial score (nSPS) is 29.8. The Bertz CT molecular complexity index is 922. The Balaban J connectivity index is 1.78. The van der Waals surface area contributed by atoms with Crippen LogP contribution in [0.5, 0.6) is 0 Å². The lowest BCUT2D eigenvalue weighted by Gasteiger charge is -2.30. The molecule has 3 rings (SSSR count). The van der Waals surface area contributed by atoms with Gasteiger partial charge in [0.2, 0.25) is 0 Å². The molecule has 0 amide bonds. The van der Waals surface area contributed by atoms with Crippen molar-refractivity contribution in [3.05, 3.63) is 24.3 Å². The van der Waals surface area contributed by atoms with Crippen molar-refractivity contribution >= 4 is 16.1 Å². The first-order valence-electron chi connectivity index (χ1n) is 16.1. The average Bonchev–Trinajstić information content (AvgIpc) is 3.27. The molecule has 2 aliphatic heterocycles. The standard InChI is InChI=1S/C32H54O9S/c1-4-5-8-15-25(39-31-18-11-13-22-37-31)20-21-27-26(16-9-6-7-10-17-30(33)36-2)29(41-42(3,34)35)24-28(27)40-32-19-12-14-23-38-32/h6-7,20-21,25-29,31-32H,4-5,8-19,22-24H2,1-3H3/t25-,26+,27+,28+,29+,31?,32?/m0/s1. The summed E-state index contributed by atoms with van der Waals surface area (Å²) in [5.41, 5.74) is 0. The third-order valence-electron chi connectivity index (χ3n) is 8.31. The predicted octanol–water partition coefficient (Wildman–Crippen LogP) is 6.22. The van der Waals surface area contributed by atoms with Gasteiger partial charge in [0.15, 0.2) is 12.6 Å². The summed E-state index contributed by atoms with van der Waals surface area (Å²) in [7, 11) is -2.27. The first kappa shape index (κ1) is 35.2. The van der Waals surface area contributed by atoms with Gasteiger partial charge in [-0.1, -0.05) is 50.5 Å². The van der Waals surface area contributed by atoms with Gasteiger partial charge in [-0.3, -0.25) is 8.98 Å². The number of methoxy groups -OCH3 is 1. The molecule has 1 saturated carbocycles. The summed E-state index contributed by atoms with van der Waals surface area (Å²) in [4.78, 5) is 11.4. The van der Waals surface area contributed by atoms with Crippen LogP contribution in [-0.2, 0) is 42.8 Å². The molecular weight excluding hydrogens is 560 g/mol. The van der Waals surface area contributed by atoms with Crippen molar-refractivity contribution in [1.29, 1.82) is 0 Å². The molecule has 242 valence electrons.